The van der Waals surface area contributed by atoms with E-state index in [0.717, 1.165) is 15.6 Å². The summed E-state index contributed by atoms with van der Waals surface area (Å²) < 4.78 is 19.7. The Morgan fingerprint density at radius 2 is 2.05 bits per heavy atom. The van der Waals surface area contributed by atoms with Crippen LogP contribution >= 0.6 is 27.5 Å². The molecular formula is C15H14BrClFNO. The molecule has 0 fully saturated rings. The Balaban J connectivity index is 2.20. The van der Waals surface area contributed by atoms with Gasteiger partial charge in [-0.15, -0.1) is 0 Å². The molecule has 2 N–H and O–H groups in total. The number of hydrogen-bond donors (Lipinski definition) is 1. The normalized spacial score (nSPS) is 12.2. The molecule has 5 heteroatoms. The monoisotopic (exact) mass is 357 g/mol. The molecule has 2 aromatic carbocycles. The summed E-state index contributed by atoms with van der Waals surface area (Å²) in [6.07, 6.45) is 0. The van der Waals surface area contributed by atoms with Gasteiger partial charge in [0.15, 0.2) is 0 Å². The quantitative estimate of drug-likeness (QED) is 0.848. The predicted molar refractivity (Wildman–Crippen MR) is 82.5 cm³/mol. The lowest BCUT2D eigenvalue weighted by molar-refractivity contribution is 0.301. The minimum absolute atomic E-state index is 0.137. The summed E-state index contributed by atoms with van der Waals surface area (Å²) in [6, 6.07) is 9.79. The highest BCUT2D eigenvalue weighted by Gasteiger charge is 2.10. The van der Waals surface area contributed by atoms with Gasteiger partial charge in [-0.25, -0.2) is 4.39 Å². The van der Waals surface area contributed by atoms with Crippen molar-refractivity contribution in [3.63, 3.8) is 0 Å². The van der Waals surface area contributed by atoms with Crippen LogP contribution in [-0.4, -0.2) is 0 Å². The first-order chi connectivity index (χ1) is 9.47. The smallest absolute Gasteiger partial charge is 0.125 e. The van der Waals surface area contributed by atoms with Crippen molar-refractivity contribution in [1.82, 2.24) is 0 Å². The van der Waals surface area contributed by atoms with Crippen LogP contribution in [0.4, 0.5) is 4.39 Å². The van der Waals surface area contributed by atoms with E-state index in [9.17, 15) is 4.39 Å². The summed E-state index contributed by atoms with van der Waals surface area (Å²) >= 11 is 9.37. The van der Waals surface area contributed by atoms with Gasteiger partial charge in [-0.2, -0.15) is 0 Å². The van der Waals surface area contributed by atoms with Crippen LogP contribution in [0.15, 0.2) is 40.9 Å². The van der Waals surface area contributed by atoms with E-state index in [1.807, 2.05) is 25.1 Å². The van der Waals surface area contributed by atoms with E-state index in [-0.39, 0.29) is 18.5 Å². The van der Waals surface area contributed by atoms with Gasteiger partial charge in [-0.1, -0.05) is 39.7 Å². The van der Waals surface area contributed by atoms with Crippen LogP contribution in [0, 0.1) is 5.82 Å². The summed E-state index contributed by atoms with van der Waals surface area (Å²) in [6.45, 7) is 2.15. The van der Waals surface area contributed by atoms with Crippen LogP contribution in [0.1, 0.15) is 24.1 Å². The minimum Gasteiger partial charge on any atom is -0.488 e. The first-order valence-corrected chi connectivity index (χ1v) is 7.26. The van der Waals surface area contributed by atoms with E-state index in [1.165, 1.54) is 12.1 Å². The van der Waals surface area contributed by atoms with Crippen molar-refractivity contribution < 1.29 is 9.13 Å². The highest BCUT2D eigenvalue weighted by atomic mass is 79.9. The first kappa shape index (κ1) is 15.3. The average molecular weight is 359 g/mol. The molecule has 2 nitrogen and oxygen atoms in total. The third-order valence-electron chi connectivity index (χ3n) is 2.86. The zero-order valence-corrected chi connectivity index (χ0v) is 13.2. The molecule has 106 valence electrons. The summed E-state index contributed by atoms with van der Waals surface area (Å²) in [4.78, 5) is 0. The third-order valence-corrected chi connectivity index (χ3v) is 3.71. The average Bonchev–Trinajstić information content (AvgIpc) is 2.37. The van der Waals surface area contributed by atoms with Crippen molar-refractivity contribution in [3.8, 4) is 5.75 Å². The molecule has 0 saturated heterocycles. The van der Waals surface area contributed by atoms with Crippen LogP contribution in [0.25, 0.3) is 0 Å². The van der Waals surface area contributed by atoms with Crippen LogP contribution in [0.3, 0.4) is 0 Å². The predicted octanol–water partition coefficient (Wildman–Crippen LogP) is 4.84. The lowest BCUT2D eigenvalue weighted by atomic mass is 10.1. The summed E-state index contributed by atoms with van der Waals surface area (Å²) in [5.74, 6) is 0.326. The van der Waals surface area contributed by atoms with Crippen LogP contribution in [0.2, 0.25) is 5.02 Å². The van der Waals surface area contributed by atoms with Gasteiger partial charge < -0.3 is 10.5 Å². The van der Waals surface area contributed by atoms with E-state index in [4.69, 9.17) is 22.1 Å². The fourth-order valence-electron chi connectivity index (χ4n) is 1.80. The zero-order chi connectivity index (χ0) is 14.7. The number of ether oxygens (including phenoxy) is 1. The Bertz CT molecular complexity index is 619. The van der Waals surface area contributed by atoms with Gasteiger partial charge in [0.25, 0.3) is 0 Å². The Morgan fingerprint density at radius 1 is 1.30 bits per heavy atom. The number of hydrogen-bond acceptors (Lipinski definition) is 2. The molecule has 0 heterocycles. The SMILES string of the molecule is C[C@H](N)c1ccc(Br)cc1OCc1ccc(F)cc1Cl. The van der Waals surface area contributed by atoms with E-state index >= 15 is 0 Å². The minimum atomic E-state index is -0.363. The maximum Gasteiger partial charge on any atom is 0.125 e. The van der Waals surface area contributed by atoms with Gasteiger partial charge in [0.05, 0.1) is 5.02 Å². The molecule has 0 aliphatic rings. The largest absolute Gasteiger partial charge is 0.488 e. The van der Waals surface area contributed by atoms with Gasteiger partial charge in [0.1, 0.15) is 18.2 Å². The number of rotatable bonds is 4. The van der Waals surface area contributed by atoms with Gasteiger partial charge in [-0.05, 0) is 31.2 Å². The molecule has 0 amide bonds. The Labute approximate surface area is 130 Å². The zero-order valence-electron chi connectivity index (χ0n) is 10.9. The van der Waals surface area contributed by atoms with Gasteiger partial charge in [-0.3, -0.25) is 0 Å². The van der Waals surface area contributed by atoms with E-state index in [2.05, 4.69) is 15.9 Å². The summed E-state index contributed by atoms with van der Waals surface area (Å²) in [5.41, 5.74) is 7.55. The lowest BCUT2D eigenvalue weighted by Gasteiger charge is -2.15. The summed E-state index contributed by atoms with van der Waals surface area (Å²) in [7, 11) is 0. The van der Waals surface area contributed by atoms with Crippen LogP contribution in [-0.2, 0) is 6.61 Å². The van der Waals surface area contributed by atoms with Gasteiger partial charge in [0, 0.05) is 21.6 Å². The second-order valence-electron chi connectivity index (χ2n) is 4.50. The van der Waals surface area contributed by atoms with Crippen molar-refractivity contribution >= 4 is 27.5 Å². The fourth-order valence-corrected chi connectivity index (χ4v) is 2.37. The van der Waals surface area contributed by atoms with Gasteiger partial charge >= 0.3 is 0 Å². The molecular weight excluding hydrogens is 345 g/mol. The highest BCUT2D eigenvalue weighted by Crippen LogP contribution is 2.29. The van der Waals surface area contributed by atoms with Crippen LogP contribution in [0.5, 0.6) is 5.75 Å². The summed E-state index contributed by atoms with van der Waals surface area (Å²) in [5, 5.41) is 0.349. The van der Waals surface area contributed by atoms with Crippen molar-refractivity contribution in [3.05, 3.63) is 62.8 Å². The van der Waals surface area contributed by atoms with E-state index in [1.54, 1.807) is 6.07 Å². The molecule has 0 spiro atoms. The van der Waals surface area contributed by atoms with Crippen molar-refractivity contribution in [1.29, 1.82) is 0 Å². The molecule has 20 heavy (non-hydrogen) atoms. The second kappa shape index (κ2) is 6.57. The van der Waals surface area contributed by atoms with Crippen LogP contribution < -0.4 is 10.5 Å². The molecule has 0 aliphatic carbocycles. The molecule has 0 radical (unpaired) electrons. The molecule has 0 saturated carbocycles. The molecule has 1 atom stereocenters. The Kier molecular flexibility index (Phi) is 5.02. The maximum atomic E-state index is 13.0. The van der Waals surface area contributed by atoms with Crippen molar-refractivity contribution in [2.75, 3.05) is 0 Å². The Hall–Kier alpha value is -1.10. The van der Waals surface area contributed by atoms with Gasteiger partial charge in [0.2, 0.25) is 0 Å². The Morgan fingerprint density at radius 3 is 2.70 bits per heavy atom. The number of halogens is 3. The second-order valence-corrected chi connectivity index (χ2v) is 5.82. The molecule has 0 bridgehead atoms. The molecule has 0 unspecified atom stereocenters. The highest BCUT2D eigenvalue weighted by molar-refractivity contribution is 9.10. The number of nitrogens with two attached hydrogens (primary N) is 1. The van der Waals surface area contributed by atoms with E-state index < -0.39 is 0 Å². The third kappa shape index (κ3) is 3.72. The van der Waals surface area contributed by atoms with Crippen molar-refractivity contribution in [2.45, 2.75) is 19.6 Å². The molecule has 2 aromatic rings. The lowest BCUT2D eigenvalue weighted by Crippen LogP contribution is -2.08. The first-order valence-electron chi connectivity index (χ1n) is 6.09. The maximum absolute atomic E-state index is 13.0. The van der Waals surface area contributed by atoms with E-state index in [0.29, 0.717) is 10.8 Å². The topological polar surface area (TPSA) is 35.2 Å². The molecule has 2 rings (SSSR count). The molecule has 0 aliphatic heterocycles. The molecule has 0 aromatic heterocycles. The fraction of sp³-hybridized carbons (Fsp3) is 0.200. The standard InChI is InChI=1S/C15H14BrClFNO/c1-9(19)13-5-3-11(16)6-15(13)20-8-10-2-4-12(18)7-14(10)17/h2-7,9H,8,19H2,1H3/t9-/m0/s1. The van der Waals surface area contributed by atoms with Crippen molar-refractivity contribution in [2.24, 2.45) is 5.73 Å². The number of benzene rings is 2.